The number of hydrogen-bond donors (Lipinski definition) is 1. The average molecular weight is 197 g/mol. The Balaban J connectivity index is 1.79. The molecule has 1 aliphatic heterocycles. The van der Waals surface area contributed by atoms with E-state index in [0.717, 1.165) is 18.3 Å². The summed E-state index contributed by atoms with van der Waals surface area (Å²) in [5.74, 6) is 1.70. The van der Waals surface area contributed by atoms with E-state index in [0.29, 0.717) is 12.3 Å². The predicted molar refractivity (Wildman–Crippen MR) is 54.1 cm³/mol. The Morgan fingerprint density at radius 3 is 2.50 bits per heavy atom. The van der Waals surface area contributed by atoms with Gasteiger partial charge in [-0.2, -0.15) is 0 Å². The number of nitrogens with zero attached hydrogens (tertiary/aromatic N) is 1. The van der Waals surface area contributed by atoms with Crippen molar-refractivity contribution in [2.45, 2.75) is 25.7 Å². The number of aliphatic carboxylic acids is 1. The number of carboxylic acids is 1. The Labute approximate surface area is 85.1 Å². The number of rotatable bonds is 5. The third kappa shape index (κ3) is 2.27. The maximum absolute atomic E-state index is 10.5. The maximum Gasteiger partial charge on any atom is 0.303 e. The quantitative estimate of drug-likeness (QED) is 0.725. The SMILES string of the molecule is CN1CC(C(CCC(=O)O)C2CC2)C1. The van der Waals surface area contributed by atoms with Gasteiger partial charge < -0.3 is 10.0 Å². The number of likely N-dealkylation sites (tertiary alicyclic amines) is 1. The number of hydrogen-bond acceptors (Lipinski definition) is 2. The minimum absolute atomic E-state index is 0.362. The summed E-state index contributed by atoms with van der Waals surface area (Å²) in [6.07, 6.45) is 3.94. The van der Waals surface area contributed by atoms with Crippen LogP contribution in [0.5, 0.6) is 0 Å². The summed E-state index contributed by atoms with van der Waals surface area (Å²) in [4.78, 5) is 12.8. The van der Waals surface area contributed by atoms with E-state index in [1.54, 1.807) is 0 Å². The first-order valence-corrected chi connectivity index (χ1v) is 5.57. The highest BCUT2D eigenvalue weighted by atomic mass is 16.4. The summed E-state index contributed by atoms with van der Waals surface area (Å²) < 4.78 is 0. The highest BCUT2D eigenvalue weighted by Crippen LogP contribution is 2.45. The fourth-order valence-electron chi connectivity index (χ4n) is 2.69. The zero-order chi connectivity index (χ0) is 10.1. The van der Waals surface area contributed by atoms with Crippen LogP contribution in [0.2, 0.25) is 0 Å². The third-order valence-corrected chi connectivity index (χ3v) is 3.62. The molecule has 0 amide bonds. The van der Waals surface area contributed by atoms with Gasteiger partial charge in [0, 0.05) is 19.5 Å². The van der Waals surface area contributed by atoms with Gasteiger partial charge in [0.2, 0.25) is 0 Å². The summed E-state index contributed by atoms with van der Waals surface area (Å²) in [6.45, 7) is 2.36. The predicted octanol–water partition coefficient (Wildman–Crippen LogP) is 1.44. The van der Waals surface area contributed by atoms with Gasteiger partial charge in [0.25, 0.3) is 0 Å². The molecule has 3 heteroatoms. The summed E-state index contributed by atoms with van der Waals surface area (Å²) >= 11 is 0. The van der Waals surface area contributed by atoms with E-state index >= 15 is 0 Å². The lowest BCUT2D eigenvalue weighted by atomic mass is 9.80. The lowest BCUT2D eigenvalue weighted by Gasteiger charge is -2.41. The zero-order valence-corrected chi connectivity index (χ0v) is 8.78. The van der Waals surface area contributed by atoms with Crippen LogP contribution in [0.4, 0.5) is 0 Å². The smallest absolute Gasteiger partial charge is 0.303 e. The molecule has 1 saturated heterocycles. The van der Waals surface area contributed by atoms with Crippen LogP contribution in [0.15, 0.2) is 0 Å². The standard InChI is InChI=1S/C11H19NO2/c1-12-6-9(7-12)10(8-2-3-8)4-5-11(13)14/h8-10H,2-7H2,1H3,(H,13,14). The molecule has 0 aromatic rings. The molecule has 3 nitrogen and oxygen atoms in total. The van der Waals surface area contributed by atoms with Crippen molar-refractivity contribution in [1.29, 1.82) is 0 Å². The van der Waals surface area contributed by atoms with E-state index in [-0.39, 0.29) is 0 Å². The van der Waals surface area contributed by atoms with E-state index in [1.807, 2.05) is 0 Å². The van der Waals surface area contributed by atoms with Crippen molar-refractivity contribution in [3.63, 3.8) is 0 Å². The lowest BCUT2D eigenvalue weighted by Crippen LogP contribution is -2.48. The van der Waals surface area contributed by atoms with Crippen molar-refractivity contribution in [2.75, 3.05) is 20.1 Å². The highest BCUT2D eigenvalue weighted by Gasteiger charge is 2.40. The molecule has 2 aliphatic rings. The van der Waals surface area contributed by atoms with Crippen LogP contribution in [0.25, 0.3) is 0 Å². The average Bonchev–Trinajstić information content (AvgIpc) is 2.84. The molecule has 14 heavy (non-hydrogen) atoms. The topological polar surface area (TPSA) is 40.5 Å². The molecule has 80 valence electrons. The van der Waals surface area contributed by atoms with Crippen LogP contribution in [-0.4, -0.2) is 36.1 Å². The van der Waals surface area contributed by atoms with Gasteiger partial charge in [0.1, 0.15) is 0 Å². The second-order valence-electron chi connectivity index (χ2n) is 4.91. The van der Waals surface area contributed by atoms with E-state index in [4.69, 9.17) is 5.11 Å². The largest absolute Gasteiger partial charge is 0.481 e. The van der Waals surface area contributed by atoms with Crippen molar-refractivity contribution in [3.05, 3.63) is 0 Å². The molecule has 0 radical (unpaired) electrons. The Morgan fingerprint density at radius 1 is 1.43 bits per heavy atom. The minimum Gasteiger partial charge on any atom is -0.481 e. The van der Waals surface area contributed by atoms with Gasteiger partial charge in [-0.05, 0) is 44.1 Å². The third-order valence-electron chi connectivity index (χ3n) is 3.62. The van der Waals surface area contributed by atoms with Crippen LogP contribution < -0.4 is 0 Å². The van der Waals surface area contributed by atoms with E-state index in [2.05, 4.69) is 11.9 Å². The molecule has 0 bridgehead atoms. The molecule has 0 aromatic heterocycles. The van der Waals surface area contributed by atoms with Gasteiger partial charge in [0.15, 0.2) is 0 Å². The molecule has 1 unspecified atom stereocenters. The van der Waals surface area contributed by atoms with Gasteiger partial charge in [0.05, 0.1) is 0 Å². The summed E-state index contributed by atoms with van der Waals surface area (Å²) in [7, 11) is 2.14. The second-order valence-corrected chi connectivity index (χ2v) is 4.91. The van der Waals surface area contributed by atoms with E-state index in [1.165, 1.54) is 25.9 Å². The fraction of sp³-hybridized carbons (Fsp3) is 0.909. The Morgan fingerprint density at radius 2 is 2.07 bits per heavy atom. The van der Waals surface area contributed by atoms with Gasteiger partial charge in [-0.1, -0.05) is 0 Å². The molecule has 0 spiro atoms. The van der Waals surface area contributed by atoms with Crippen molar-refractivity contribution < 1.29 is 9.90 Å². The van der Waals surface area contributed by atoms with Crippen LogP contribution >= 0.6 is 0 Å². The van der Waals surface area contributed by atoms with Crippen LogP contribution in [0.1, 0.15) is 25.7 Å². The molecule has 2 rings (SSSR count). The normalized spacial score (nSPS) is 25.8. The van der Waals surface area contributed by atoms with Crippen molar-refractivity contribution in [3.8, 4) is 0 Å². The molecule has 1 N–H and O–H groups in total. The summed E-state index contributed by atoms with van der Waals surface area (Å²) in [5.41, 5.74) is 0. The van der Waals surface area contributed by atoms with Gasteiger partial charge in [-0.25, -0.2) is 0 Å². The Hall–Kier alpha value is -0.570. The van der Waals surface area contributed by atoms with Gasteiger partial charge >= 0.3 is 5.97 Å². The molecule has 1 saturated carbocycles. The fourth-order valence-corrected chi connectivity index (χ4v) is 2.69. The highest BCUT2D eigenvalue weighted by molar-refractivity contribution is 5.66. The summed E-state index contributed by atoms with van der Waals surface area (Å²) in [5, 5.41) is 8.68. The maximum atomic E-state index is 10.5. The summed E-state index contributed by atoms with van der Waals surface area (Å²) in [6, 6.07) is 0. The first-order valence-electron chi connectivity index (χ1n) is 5.57. The van der Waals surface area contributed by atoms with Crippen molar-refractivity contribution in [2.24, 2.45) is 17.8 Å². The van der Waals surface area contributed by atoms with Crippen LogP contribution in [0, 0.1) is 17.8 Å². The molecule has 0 aromatic carbocycles. The van der Waals surface area contributed by atoms with E-state index < -0.39 is 5.97 Å². The van der Waals surface area contributed by atoms with Crippen molar-refractivity contribution >= 4 is 5.97 Å². The second kappa shape index (κ2) is 3.89. The first kappa shape index (κ1) is 9.97. The van der Waals surface area contributed by atoms with Crippen LogP contribution in [-0.2, 0) is 4.79 Å². The molecule has 1 atom stereocenters. The van der Waals surface area contributed by atoms with Crippen molar-refractivity contribution in [1.82, 2.24) is 4.90 Å². The zero-order valence-electron chi connectivity index (χ0n) is 8.78. The van der Waals surface area contributed by atoms with Gasteiger partial charge in [-0.3, -0.25) is 4.79 Å². The molecular weight excluding hydrogens is 178 g/mol. The molecule has 1 heterocycles. The molecular formula is C11H19NO2. The molecule has 2 fully saturated rings. The Bertz CT molecular complexity index is 219. The van der Waals surface area contributed by atoms with Gasteiger partial charge in [-0.15, -0.1) is 0 Å². The number of carbonyl (C=O) groups is 1. The lowest BCUT2D eigenvalue weighted by molar-refractivity contribution is -0.137. The first-order chi connectivity index (χ1) is 6.66. The number of carboxylic acid groups (broad SMARTS) is 1. The molecule has 1 aliphatic carbocycles. The minimum atomic E-state index is -0.636. The Kier molecular flexibility index (Phi) is 2.77. The monoisotopic (exact) mass is 197 g/mol. The van der Waals surface area contributed by atoms with E-state index in [9.17, 15) is 4.79 Å². The van der Waals surface area contributed by atoms with Crippen LogP contribution in [0.3, 0.4) is 0 Å².